The molecule has 1 unspecified atom stereocenters. The zero-order chi connectivity index (χ0) is 17.7. The van der Waals surface area contributed by atoms with Gasteiger partial charge in [-0.1, -0.05) is 44.6 Å². The molecule has 130 valence electrons. The van der Waals surface area contributed by atoms with Crippen LogP contribution in [-0.4, -0.2) is 22.8 Å². The minimum atomic E-state index is -0.561. The van der Waals surface area contributed by atoms with Crippen molar-refractivity contribution in [1.82, 2.24) is 10.3 Å². The molecular formula is C18H25N3O2S. The third-order valence-electron chi connectivity index (χ3n) is 3.81. The van der Waals surface area contributed by atoms with E-state index >= 15 is 0 Å². The second kappa shape index (κ2) is 8.24. The zero-order valence-corrected chi connectivity index (χ0v) is 15.5. The van der Waals surface area contributed by atoms with Crippen molar-refractivity contribution in [3.05, 3.63) is 23.8 Å². The summed E-state index contributed by atoms with van der Waals surface area (Å²) < 4.78 is 1.07. The van der Waals surface area contributed by atoms with E-state index in [4.69, 9.17) is 0 Å². The second-order valence-corrected chi connectivity index (χ2v) is 7.37. The number of carbonyl (C=O) groups excluding carboxylic acids is 2. The number of nitrogens with one attached hydrogen (secondary N) is 2. The van der Waals surface area contributed by atoms with E-state index < -0.39 is 6.04 Å². The Morgan fingerprint density at radius 3 is 2.67 bits per heavy atom. The van der Waals surface area contributed by atoms with Gasteiger partial charge in [0.2, 0.25) is 11.8 Å². The third-order valence-corrected chi connectivity index (χ3v) is 4.74. The van der Waals surface area contributed by atoms with Gasteiger partial charge in [0, 0.05) is 6.92 Å². The highest BCUT2D eigenvalue weighted by atomic mass is 32.1. The van der Waals surface area contributed by atoms with Crippen LogP contribution in [-0.2, 0) is 16.0 Å². The fourth-order valence-corrected chi connectivity index (χ4v) is 3.43. The van der Waals surface area contributed by atoms with Crippen molar-refractivity contribution < 1.29 is 9.59 Å². The summed E-state index contributed by atoms with van der Waals surface area (Å²) in [6.07, 6.45) is 3.40. The van der Waals surface area contributed by atoms with Crippen LogP contribution in [0, 0.1) is 5.92 Å². The smallest absolute Gasteiger partial charge is 0.248 e. The average molecular weight is 347 g/mol. The number of carbonyl (C=O) groups is 2. The monoisotopic (exact) mass is 347 g/mol. The van der Waals surface area contributed by atoms with E-state index in [1.807, 2.05) is 19.9 Å². The SMILES string of the molecule is CCCCc1ccc2nc(NC(=O)C(NC(C)=O)C(C)C)sc2c1. The number of unbranched alkanes of at least 4 members (excludes halogenated alkanes) is 1. The highest BCUT2D eigenvalue weighted by Crippen LogP contribution is 2.27. The predicted molar refractivity (Wildman–Crippen MR) is 99.3 cm³/mol. The molecule has 0 bridgehead atoms. The Morgan fingerprint density at radius 2 is 2.04 bits per heavy atom. The lowest BCUT2D eigenvalue weighted by molar-refractivity contribution is -0.126. The number of nitrogens with zero attached hydrogens (tertiary/aromatic N) is 1. The molecule has 0 saturated carbocycles. The first-order chi connectivity index (χ1) is 11.4. The highest BCUT2D eigenvalue weighted by Gasteiger charge is 2.23. The third kappa shape index (κ3) is 4.77. The number of hydrogen-bond donors (Lipinski definition) is 2. The first-order valence-electron chi connectivity index (χ1n) is 8.38. The highest BCUT2D eigenvalue weighted by molar-refractivity contribution is 7.22. The van der Waals surface area contributed by atoms with Gasteiger partial charge in [-0.15, -0.1) is 0 Å². The molecule has 1 aromatic carbocycles. The normalized spacial score (nSPS) is 12.4. The molecule has 0 spiro atoms. The lowest BCUT2D eigenvalue weighted by atomic mass is 10.0. The van der Waals surface area contributed by atoms with Crippen molar-refractivity contribution in [2.45, 2.75) is 53.0 Å². The molecule has 0 fully saturated rings. The Kier molecular flexibility index (Phi) is 6.31. The summed E-state index contributed by atoms with van der Waals surface area (Å²) >= 11 is 1.47. The van der Waals surface area contributed by atoms with Gasteiger partial charge in [-0.2, -0.15) is 0 Å². The minimum Gasteiger partial charge on any atom is -0.344 e. The number of hydrogen-bond acceptors (Lipinski definition) is 4. The van der Waals surface area contributed by atoms with Crippen LogP contribution in [0.15, 0.2) is 18.2 Å². The van der Waals surface area contributed by atoms with Crippen molar-refractivity contribution >= 4 is 38.5 Å². The molecule has 24 heavy (non-hydrogen) atoms. The van der Waals surface area contributed by atoms with Gasteiger partial charge >= 0.3 is 0 Å². The van der Waals surface area contributed by atoms with E-state index in [9.17, 15) is 9.59 Å². The number of thiazole rings is 1. The van der Waals surface area contributed by atoms with E-state index in [0.29, 0.717) is 5.13 Å². The van der Waals surface area contributed by atoms with Crippen LogP contribution < -0.4 is 10.6 Å². The van der Waals surface area contributed by atoms with Crippen molar-refractivity contribution in [1.29, 1.82) is 0 Å². The molecule has 2 amide bonds. The molecule has 2 rings (SSSR count). The number of aryl methyl sites for hydroxylation is 1. The first kappa shape index (κ1) is 18.4. The van der Waals surface area contributed by atoms with Crippen LogP contribution in [0.25, 0.3) is 10.2 Å². The summed E-state index contributed by atoms with van der Waals surface area (Å²) in [5.41, 5.74) is 2.18. The van der Waals surface area contributed by atoms with Gasteiger partial charge in [0.25, 0.3) is 0 Å². The van der Waals surface area contributed by atoms with Crippen LogP contribution in [0.2, 0.25) is 0 Å². The Balaban J connectivity index is 2.13. The summed E-state index contributed by atoms with van der Waals surface area (Å²) in [5.74, 6) is -0.442. The number of rotatable bonds is 7. The number of amides is 2. The largest absolute Gasteiger partial charge is 0.344 e. The van der Waals surface area contributed by atoms with Crippen molar-refractivity contribution in [2.75, 3.05) is 5.32 Å². The second-order valence-electron chi connectivity index (χ2n) is 6.34. The lowest BCUT2D eigenvalue weighted by Crippen LogP contribution is -2.46. The summed E-state index contributed by atoms with van der Waals surface area (Å²) in [6.45, 7) is 7.40. The fraction of sp³-hybridized carbons (Fsp3) is 0.500. The number of aromatic nitrogens is 1. The van der Waals surface area contributed by atoms with Gasteiger partial charge < -0.3 is 10.6 Å². The van der Waals surface area contributed by atoms with Gasteiger partial charge in [-0.25, -0.2) is 4.98 Å². The molecule has 0 aliphatic rings. The quantitative estimate of drug-likeness (QED) is 0.801. The van der Waals surface area contributed by atoms with Gasteiger partial charge in [-0.3, -0.25) is 9.59 Å². The summed E-state index contributed by atoms with van der Waals surface area (Å²) in [6, 6.07) is 5.68. The van der Waals surface area contributed by atoms with Crippen LogP contribution in [0.1, 0.15) is 46.1 Å². The number of anilines is 1. The lowest BCUT2D eigenvalue weighted by Gasteiger charge is -2.19. The van der Waals surface area contributed by atoms with E-state index in [2.05, 4.69) is 34.7 Å². The molecule has 1 aromatic heterocycles. The van der Waals surface area contributed by atoms with Crippen LogP contribution >= 0.6 is 11.3 Å². The van der Waals surface area contributed by atoms with Gasteiger partial charge in [0.05, 0.1) is 10.2 Å². The summed E-state index contributed by atoms with van der Waals surface area (Å²) in [7, 11) is 0. The Hall–Kier alpha value is -1.95. The van der Waals surface area contributed by atoms with Crippen LogP contribution in [0.4, 0.5) is 5.13 Å². The minimum absolute atomic E-state index is 0.00363. The maximum Gasteiger partial charge on any atom is 0.248 e. The summed E-state index contributed by atoms with van der Waals surface area (Å²) in [4.78, 5) is 28.2. The molecule has 1 atom stereocenters. The Morgan fingerprint density at radius 1 is 1.29 bits per heavy atom. The average Bonchev–Trinajstić information content (AvgIpc) is 2.91. The van der Waals surface area contributed by atoms with Crippen LogP contribution in [0.3, 0.4) is 0 Å². The van der Waals surface area contributed by atoms with E-state index in [0.717, 1.165) is 16.6 Å². The molecule has 1 heterocycles. The van der Waals surface area contributed by atoms with E-state index in [1.54, 1.807) is 0 Å². The maximum atomic E-state index is 12.4. The first-order valence-corrected chi connectivity index (χ1v) is 9.19. The molecule has 0 aliphatic heterocycles. The molecule has 0 radical (unpaired) electrons. The van der Waals surface area contributed by atoms with E-state index in [1.165, 1.54) is 36.7 Å². The Bertz CT molecular complexity index is 724. The molecule has 6 heteroatoms. The van der Waals surface area contributed by atoms with E-state index in [-0.39, 0.29) is 17.7 Å². The molecular weight excluding hydrogens is 322 g/mol. The molecule has 5 nitrogen and oxygen atoms in total. The van der Waals surface area contributed by atoms with Crippen molar-refractivity contribution in [3.8, 4) is 0 Å². The van der Waals surface area contributed by atoms with Crippen molar-refractivity contribution in [3.63, 3.8) is 0 Å². The van der Waals surface area contributed by atoms with Crippen molar-refractivity contribution in [2.24, 2.45) is 5.92 Å². The molecule has 2 N–H and O–H groups in total. The van der Waals surface area contributed by atoms with Crippen LogP contribution in [0.5, 0.6) is 0 Å². The topological polar surface area (TPSA) is 71.1 Å². The zero-order valence-electron chi connectivity index (χ0n) is 14.7. The number of benzene rings is 1. The number of fused-ring (bicyclic) bond motifs is 1. The van der Waals surface area contributed by atoms with Gasteiger partial charge in [0.1, 0.15) is 6.04 Å². The maximum absolute atomic E-state index is 12.4. The molecule has 0 aliphatic carbocycles. The molecule has 0 saturated heterocycles. The predicted octanol–water partition coefficient (Wildman–Crippen LogP) is 3.74. The Labute approximate surface area is 146 Å². The van der Waals surface area contributed by atoms with Gasteiger partial charge in [0.15, 0.2) is 5.13 Å². The summed E-state index contributed by atoms with van der Waals surface area (Å²) in [5, 5.41) is 6.09. The fourth-order valence-electron chi connectivity index (χ4n) is 2.50. The molecule has 2 aromatic rings. The van der Waals surface area contributed by atoms with Gasteiger partial charge in [-0.05, 0) is 36.5 Å². The standard InChI is InChI=1S/C18H25N3O2S/c1-5-6-7-13-8-9-14-15(10-13)24-18(20-14)21-17(23)16(11(2)3)19-12(4)22/h8-11,16H,5-7H2,1-4H3,(H,19,22)(H,20,21,23).